The lowest BCUT2D eigenvalue weighted by Crippen LogP contribution is -2.36. The van der Waals surface area contributed by atoms with Crippen molar-refractivity contribution in [1.29, 1.82) is 0 Å². The molecule has 3 nitrogen and oxygen atoms in total. The van der Waals surface area contributed by atoms with Gasteiger partial charge in [0.25, 0.3) is 0 Å². The third-order valence-corrected chi connectivity index (χ3v) is 5.08. The SMILES string of the molecule is CCC(NC1CCCC1n1ccnc1)c1cccs1. The van der Waals surface area contributed by atoms with Crippen LogP contribution in [0.3, 0.4) is 0 Å². The molecule has 1 N–H and O–H groups in total. The monoisotopic (exact) mass is 275 g/mol. The van der Waals surface area contributed by atoms with Gasteiger partial charge in [0.15, 0.2) is 0 Å². The molecule has 2 heterocycles. The van der Waals surface area contributed by atoms with Crippen LogP contribution in [0.2, 0.25) is 0 Å². The van der Waals surface area contributed by atoms with E-state index in [1.807, 2.05) is 23.9 Å². The highest BCUT2D eigenvalue weighted by atomic mass is 32.1. The van der Waals surface area contributed by atoms with Gasteiger partial charge in [0, 0.05) is 35.4 Å². The molecule has 19 heavy (non-hydrogen) atoms. The smallest absolute Gasteiger partial charge is 0.0949 e. The summed E-state index contributed by atoms with van der Waals surface area (Å²) in [5, 5.41) is 6.04. The number of imidazole rings is 1. The van der Waals surface area contributed by atoms with Crippen LogP contribution in [-0.2, 0) is 0 Å². The van der Waals surface area contributed by atoms with E-state index in [1.165, 1.54) is 24.1 Å². The Morgan fingerprint density at radius 3 is 3.16 bits per heavy atom. The average Bonchev–Trinajstić information content (AvgIpc) is 3.15. The first kappa shape index (κ1) is 12.9. The maximum atomic E-state index is 4.19. The van der Waals surface area contributed by atoms with Crippen molar-refractivity contribution in [2.45, 2.75) is 50.7 Å². The molecule has 1 fully saturated rings. The Bertz CT molecular complexity index is 477. The molecule has 1 aliphatic rings. The lowest BCUT2D eigenvalue weighted by molar-refractivity contribution is 0.350. The summed E-state index contributed by atoms with van der Waals surface area (Å²) in [5.74, 6) is 0. The van der Waals surface area contributed by atoms with Gasteiger partial charge in [0.2, 0.25) is 0 Å². The van der Waals surface area contributed by atoms with Gasteiger partial charge < -0.3 is 9.88 Å². The van der Waals surface area contributed by atoms with E-state index in [4.69, 9.17) is 0 Å². The number of rotatable bonds is 5. The molecule has 0 bridgehead atoms. The molecule has 3 rings (SSSR count). The highest BCUT2D eigenvalue weighted by molar-refractivity contribution is 7.10. The fraction of sp³-hybridized carbons (Fsp3) is 0.533. The summed E-state index contributed by atoms with van der Waals surface area (Å²) in [7, 11) is 0. The molecule has 1 aliphatic carbocycles. The van der Waals surface area contributed by atoms with Crippen LogP contribution in [0.1, 0.15) is 49.6 Å². The second kappa shape index (κ2) is 5.88. The number of hydrogen-bond acceptors (Lipinski definition) is 3. The zero-order chi connectivity index (χ0) is 13.1. The van der Waals surface area contributed by atoms with E-state index in [9.17, 15) is 0 Å². The van der Waals surface area contributed by atoms with E-state index < -0.39 is 0 Å². The van der Waals surface area contributed by atoms with Crippen LogP contribution in [0.15, 0.2) is 36.2 Å². The molecule has 0 spiro atoms. The van der Waals surface area contributed by atoms with Gasteiger partial charge in [-0.05, 0) is 37.1 Å². The number of thiophene rings is 1. The van der Waals surface area contributed by atoms with E-state index >= 15 is 0 Å². The standard InChI is InChI=1S/C15H21N3S/c1-2-12(15-7-4-10-19-15)17-13-5-3-6-14(13)18-9-8-16-11-18/h4,7-14,17H,2-3,5-6H2,1H3. The minimum Gasteiger partial charge on any atom is -0.333 e. The van der Waals surface area contributed by atoms with Gasteiger partial charge in [-0.25, -0.2) is 4.98 Å². The van der Waals surface area contributed by atoms with Gasteiger partial charge in [-0.3, -0.25) is 0 Å². The Labute approximate surface area is 118 Å². The molecule has 0 amide bonds. The van der Waals surface area contributed by atoms with Crippen molar-refractivity contribution in [2.24, 2.45) is 0 Å². The fourth-order valence-electron chi connectivity index (χ4n) is 3.11. The van der Waals surface area contributed by atoms with E-state index in [-0.39, 0.29) is 0 Å². The molecule has 1 saturated carbocycles. The molecule has 2 aromatic heterocycles. The minimum absolute atomic E-state index is 0.495. The summed E-state index contributed by atoms with van der Waals surface area (Å²) < 4.78 is 2.27. The molecular weight excluding hydrogens is 254 g/mol. The Balaban J connectivity index is 1.71. The largest absolute Gasteiger partial charge is 0.333 e. The van der Waals surface area contributed by atoms with Crippen molar-refractivity contribution < 1.29 is 0 Å². The predicted octanol–water partition coefficient (Wildman–Crippen LogP) is 3.78. The van der Waals surface area contributed by atoms with Crippen LogP contribution in [0.5, 0.6) is 0 Å². The quantitative estimate of drug-likeness (QED) is 0.900. The van der Waals surface area contributed by atoms with Crippen molar-refractivity contribution in [3.8, 4) is 0 Å². The lowest BCUT2D eigenvalue weighted by Gasteiger charge is -2.26. The van der Waals surface area contributed by atoms with Gasteiger partial charge >= 0.3 is 0 Å². The fourth-order valence-corrected chi connectivity index (χ4v) is 3.98. The van der Waals surface area contributed by atoms with E-state index in [2.05, 4.69) is 45.5 Å². The van der Waals surface area contributed by atoms with Gasteiger partial charge in [-0.2, -0.15) is 0 Å². The Morgan fingerprint density at radius 2 is 2.47 bits per heavy atom. The first-order valence-corrected chi connectivity index (χ1v) is 8.03. The molecule has 102 valence electrons. The van der Waals surface area contributed by atoms with Crippen LogP contribution < -0.4 is 5.32 Å². The van der Waals surface area contributed by atoms with Crippen molar-refractivity contribution >= 4 is 11.3 Å². The highest BCUT2D eigenvalue weighted by Crippen LogP contribution is 2.33. The molecule has 0 aromatic carbocycles. The molecule has 0 radical (unpaired) electrons. The molecule has 0 saturated heterocycles. The number of hydrogen-bond donors (Lipinski definition) is 1. The van der Waals surface area contributed by atoms with Gasteiger partial charge in [-0.15, -0.1) is 11.3 Å². The average molecular weight is 275 g/mol. The van der Waals surface area contributed by atoms with Crippen molar-refractivity contribution in [3.63, 3.8) is 0 Å². The number of nitrogens with zero attached hydrogens (tertiary/aromatic N) is 2. The van der Waals surface area contributed by atoms with Crippen LogP contribution >= 0.6 is 11.3 Å². The van der Waals surface area contributed by atoms with Gasteiger partial charge in [0.05, 0.1) is 6.33 Å². The molecular formula is C15H21N3S. The number of aromatic nitrogens is 2. The van der Waals surface area contributed by atoms with Crippen molar-refractivity contribution in [3.05, 3.63) is 41.1 Å². The molecule has 4 heteroatoms. The lowest BCUT2D eigenvalue weighted by atomic mass is 10.1. The number of nitrogens with one attached hydrogen (secondary N) is 1. The van der Waals surface area contributed by atoms with Crippen LogP contribution in [0.25, 0.3) is 0 Å². The summed E-state index contributed by atoms with van der Waals surface area (Å²) in [4.78, 5) is 5.64. The topological polar surface area (TPSA) is 29.9 Å². The third-order valence-electron chi connectivity index (χ3n) is 4.10. The minimum atomic E-state index is 0.495. The maximum absolute atomic E-state index is 4.19. The molecule has 0 aliphatic heterocycles. The summed E-state index contributed by atoms with van der Waals surface area (Å²) in [6.07, 6.45) is 10.9. The summed E-state index contributed by atoms with van der Waals surface area (Å²) >= 11 is 1.86. The van der Waals surface area contributed by atoms with Crippen molar-refractivity contribution in [1.82, 2.24) is 14.9 Å². The van der Waals surface area contributed by atoms with E-state index in [1.54, 1.807) is 0 Å². The van der Waals surface area contributed by atoms with Crippen molar-refractivity contribution in [2.75, 3.05) is 0 Å². The Hall–Kier alpha value is -1.13. The second-order valence-corrected chi connectivity index (χ2v) is 6.24. The maximum Gasteiger partial charge on any atom is 0.0949 e. The zero-order valence-corrected chi connectivity index (χ0v) is 12.1. The van der Waals surface area contributed by atoms with Crippen LogP contribution in [0.4, 0.5) is 0 Å². The summed E-state index contributed by atoms with van der Waals surface area (Å²) in [5.41, 5.74) is 0. The third kappa shape index (κ3) is 2.74. The first-order chi connectivity index (χ1) is 9.38. The molecule has 2 aromatic rings. The first-order valence-electron chi connectivity index (χ1n) is 7.15. The Morgan fingerprint density at radius 1 is 1.53 bits per heavy atom. The van der Waals surface area contributed by atoms with E-state index in [0.717, 1.165) is 6.42 Å². The van der Waals surface area contributed by atoms with Gasteiger partial charge in [0.1, 0.15) is 0 Å². The normalized spacial score (nSPS) is 24.7. The zero-order valence-electron chi connectivity index (χ0n) is 11.3. The van der Waals surface area contributed by atoms with Gasteiger partial charge in [-0.1, -0.05) is 13.0 Å². The Kier molecular flexibility index (Phi) is 3.99. The molecule has 3 unspecified atom stereocenters. The van der Waals surface area contributed by atoms with Crippen LogP contribution in [-0.4, -0.2) is 15.6 Å². The van der Waals surface area contributed by atoms with E-state index in [0.29, 0.717) is 18.1 Å². The summed E-state index contributed by atoms with van der Waals surface area (Å²) in [6, 6.07) is 6.02. The predicted molar refractivity (Wildman–Crippen MR) is 79.4 cm³/mol. The van der Waals surface area contributed by atoms with Crippen LogP contribution in [0, 0.1) is 0 Å². The summed E-state index contributed by atoms with van der Waals surface area (Å²) in [6.45, 7) is 2.26. The highest BCUT2D eigenvalue weighted by Gasteiger charge is 2.30. The second-order valence-electron chi connectivity index (χ2n) is 5.26. The molecule has 3 atom stereocenters.